The van der Waals surface area contributed by atoms with E-state index in [9.17, 15) is 4.79 Å². The standard InChI is InChI=1S/C12H15BrO2/c1-9(7-8-15-2)12(14)10-5-3-4-6-11(10)13/h3-6,9H,7-8H2,1-2H3. The Labute approximate surface area is 98.8 Å². The predicted octanol–water partition coefficient (Wildman–Crippen LogP) is 3.30. The third kappa shape index (κ3) is 3.43. The highest BCUT2D eigenvalue weighted by molar-refractivity contribution is 9.10. The molecule has 0 spiro atoms. The third-order valence-corrected chi connectivity index (χ3v) is 3.03. The lowest BCUT2D eigenvalue weighted by molar-refractivity contribution is 0.0893. The molecule has 1 rings (SSSR count). The van der Waals surface area contributed by atoms with Gasteiger partial charge in [-0.1, -0.05) is 41.1 Å². The van der Waals surface area contributed by atoms with E-state index >= 15 is 0 Å². The van der Waals surface area contributed by atoms with Crippen molar-refractivity contribution in [2.24, 2.45) is 5.92 Å². The van der Waals surface area contributed by atoms with Gasteiger partial charge in [0.15, 0.2) is 5.78 Å². The zero-order valence-electron chi connectivity index (χ0n) is 9.00. The van der Waals surface area contributed by atoms with Crippen LogP contribution in [0.3, 0.4) is 0 Å². The average molecular weight is 271 g/mol. The van der Waals surface area contributed by atoms with Crippen LogP contribution in [-0.2, 0) is 4.74 Å². The number of rotatable bonds is 5. The van der Waals surface area contributed by atoms with Gasteiger partial charge in [-0.3, -0.25) is 4.79 Å². The predicted molar refractivity (Wildman–Crippen MR) is 64.1 cm³/mol. The normalized spacial score (nSPS) is 12.5. The summed E-state index contributed by atoms with van der Waals surface area (Å²) in [6.07, 6.45) is 0.761. The second kappa shape index (κ2) is 6.03. The Morgan fingerprint density at radius 1 is 1.47 bits per heavy atom. The topological polar surface area (TPSA) is 26.3 Å². The van der Waals surface area contributed by atoms with Crippen molar-refractivity contribution in [1.29, 1.82) is 0 Å². The first-order valence-corrected chi connectivity index (χ1v) is 5.73. The zero-order chi connectivity index (χ0) is 11.3. The van der Waals surface area contributed by atoms with E-state index in [4.69, 9.17) is 4.74 Å². The van der Waals surface area contributed by atoms with E-state index < -0.39 is 0 Å². The van der Waals surface area contributed by atoms with Gasteiger partial charge in [-0.2, -0.15) is 0 Å². The summed E-state index contributed by atoms with van der Waals surface area (Å²) in [6, 6.07) is 7.51. The lowest BCUT2D eigenvalue weighted by atomic mass is 9.97. The molecule has 0 saturated heterocycles. The van der Waals surface area contributed by atoms with Gasteiger partial charge in [-0.25, -0.2) is 0 Å². The second-order valence-electron chi connectivity index (χ2n) is 3.53. The Balaban J connectivity index is 2.72. The maximum atomic E-state index is 12.0. The van der Waals surface area contributed by atoms with Crippen LogP contribution in [0.2, 0.25) is 0 Å². The highest BCUT2D eigenvalue weighted by Gasteiger charge is 2.16. The highest BCUT2D eigenvalue weighted by Crippen LogP contribution is 2.20. The molecule has 3 heteroatoms. The van der Waals surface area contributed by atoms with Gasteiger partial charge in [0.1, 0.15) is 0 Å². The summed E-state index contributed by atoms with van der Waals surface area (Å²) in [4.78, 5) is 12.0. The summed E-state index contributed by atoms with van der Waals surface area (Å²) in [7, 11) is 1.65. The van der Waals surface area contributed by atoms with Crippen LogP contribution in [0.4, 0.5) is 0 Å². The monoisotopic (exact) mass is 270 g/mol. The smallest absolute Gasteiger partial charge is 0.166 e. The Hall–Kier alpha value is -0.670. The second-order valence-corrected chi connectivity index (χ2v) is 4.38. The first-order valence-electron chi connectivity index (χ1n) is 4.94. The van der Waals surface area contributed by atoms with E-state index in [-0.39, 0.29) is 11.7 Å². The molecule has 0 radical (unpaired) electrons. The Kier molecular flexibility index (Phi) is 4.99. The molecule has 15 heavy (non-hydrogen) atoms. The Morgan fingerprint density at radius 2 is 2.13 bits per heavy atom. The van der Waals surface area contributed by atoms with Crippen LogP contribution in [0.15, 0.2) is 28.7 Å². The molecule has 1 atom stereocenters. The van der Waals surface area contributed by atoms with Gasteiger partial charge in [-0.15, -0.1) is 0 Å². The minimum absolute atomic E-state index is 0.00338. The van der Waals surface area contributed by atoms with Crippen molar-refractivity contribution in [3.05, 3.63) is 34.3 Å². The van der Waals surface area contributed by atoms with Gasteiger partial charge in [0.05, 0.1) is 0 Å². The average Bonchev–Trinajstić information content (AvgIpc) is 2.25. The molecular weight excluding hydrogens is 256 g/mol. The molecule has 1 aromatic rings. The van der Waals surface area contributed by atoms with Crippen molar-refractivity contribution >= 4 is 21.7 Å². The van der Waals surface area contributed by atoms with Crippen LogP contribution in [0.1, 0.15) is 23.7 Å². The van der Waals surface area contributed by atoms with Crippen LogP contribution >= 0.6 is 15.9 Å². The van der Waals surface area contributed by atoms with Crippen molar-refractivity contribution in [2.45, 2.75) is 13.3 Å². The van der Waals surface area contributed by atoms with E-state index in [1.807, 2.05) is 31.2 Å². The molecule has 1 unspecified atom stereocenters. The number of hydrogen-bond donors (Lipinski definition) is 0. The van der Waals surface area contributed by atoms with Gasteiger partial charge < -0.3 is 4.74 Å². The molecule has 0 aliphatic rings. The van der Waals surface area contributed by atoms with Crippen LogP contribution < -0.4 is 0 Å². The number of carbonyl (C=O) groups excluding carboxylic acids is 1. The number of halogens is 1. The van der Waals surface area contributed by atoms with E-state index in [0.29, 0.717) is 6.61 Å². The molecule has 2 nitrogen and oxygen atoms in total. The van der Waals surface area contributed by atoms with E-state index in [2.05, 4.69) is 15.9 Å². The lowest BCUT2D eigenvalue weighted by Crippen LogP contribution is -2.13. The molecule has 0 fully saturated rings. The number of ether oxygens (including phenoxy) is 1. The SMILES string of the molecule is COCCC(C)C(=O)c1ccccc1Br. The first-order chi connectivity index (χ1) is 7.16. The zero-order valence-corrected chi connectivity index (χ0v) is 10.6. The number of benzene rings is 1. The lowest BCUT2D eigenvalue weighted by Gasteiger charge is -2.10. The largest absolute Gasteiger partial charge is 0.385 e. The van der Waals surface area contributed by atoms with Crippen molar-refractivity contribution in [3.8, 4) is 0 Å². The summed E-state index contributed by atoms with van der Waals surface area (Å²) >= 11 is 3.38. The number of hydrogen-bond acceptors (Lipinski definition) is 2. The highest BCUT2D eigenvalue weighted by atomic mass is 79.9. The molecule has 0 saturated carbocycles. The van der Waals surface area contributed by atoms with Gasteiger partial charge in [0, 0.05) is 29.7 Å². The summed E-state index contributed by atoms with van der Waals surface area (Å²) in [6.45, 7) is 2.55. The fourth-order valence-electron chi connectivity index (χ4n) is 1.35. The molecule has 0 aromatic heterocycles. The van der Waals surface area contributed by atoms with Gasteiger partial charge in [0.25, 0.3) is 0 Å². The maximum absolute atomic E-state index is 12.0. The number of carbonyl (C=O) groups is 1. The molecule has 1 aromatic carbocycles. The van der Waals surface area contributed by atoms with Crippen molar-refractivity contribution in [2.75, 3.05) is 13.7 Å². The van der Waals surface area contributed by atoms with Crippen molar-refractivity contribution < 1.29 is 9.53 Å². The van der Waals surface area contributed by atoms with Crippen molar-refractivity contribution in [3.63, 3.8) is 0 Å². The van der Waals surface area contributed by atoms with Crippen LogP contribution in [0, 0.1) is 5.92 Å². The number of ketones is 1. The quantitative estimate of drug-likeness (QED) is 0.768. The first kappa shape index (κ1) is 12.4. The van der Waals surface area contributed by atoms with Crippen molar-refractivity contribution in [1.82, 2.24) is 0 Å². The molecule has 0 N–H and O–H groups in total. The molecular formula is C12H15BrO2. The number of Topliss-reactive ketones (excluding diaryl/α,β-unsaturated/α-hetero) is 1. The van der Waals surface area contributed by atoms with Crippen LogP contribution in [0.25, 0.3) is 0 Å². The summed E-state index contributed by atoms with van der Waals surface area (Å²) in [5.74, 6) is 0.170. The number of methoxy groups -OCH3 is 1. The fourth-order valence-corrected chi connectivity index (χ4v) is 1.83. The van der Waals surface area contributed by atoms with E-state index in [0.717, 1.165) is 16.5 Å². The van der Waals surface area contributed by atoms with Crippen LogP contribution in [-0.4, -0.2) is 19.5 Å². The molecule has 0 aliphatic carbocycles. The minimum atomic E-state index is 0.00338. The Morgan fingerprint density at radius 3 is 2.73 bits per heavy atom. The molecule has 82 valence electrons. The maximum Gasteiger partial charge on any atom is 0.166 e. The van der Waals surface area contributed by atoms with Gasteiger partial charge in [-0.05, 0) is 12.5 Å². The van der Waals surface area contributed by atoms with Gasteiger partial charge >= 0.3 is 0 Å². The third-order valence-electron chi connectivity index (χ3n) is 2.34. The Bertz CT molecular complexity index is 336. The molecule has 0 bridgehead atoms. The fraction of sp³-hybridized carbons (Fsp3) is 0.417. The van der Waals surface area contributed by atoms with E-state index in [1.165, 1.54) is 0 Å². The summed E-state index contributed by atoms with van der Waals surface area (Å²) in [5, 5.41) is 0. The molecule has 0 amide bonds. The molecule has 0 aliphatic heterocycles. The summed E-state index contributed by atoms with van der Waals surface area (Å²) in [5.41, 5.74) is 0.751. The minimum Gasteiger partial charge on any atom is -0.385 e. The molecule has 0 heterocycles. The summed E-state index contributed by atoms with van der Waals surface area (Å²) < 4.78 is 5.83. The van der Waals surface area contributed by atoms with E-state index in [1.54, 1.807) is 7.11 Å². The van der Waals surface area contributed by atoms with Gasteiger partial charge in [0.2, 0.25) is 0 Å². The van der Waals surface area contributed by atoms with Crippen LogP contribution in [0.5, 0.6) is 0 Å².